The summed E-state index contributed by atoms with van der Waals surface area (Å²) in [6.07, 6.45) is 7.76. The van der Waals surface area contributed by atoms with Gasteiger partial charge in [0, 0.05) is 41.8 Å². The summed E-state index contributed by atoms with van der Waals surface area (Å²) in [6, 6.07) is 7.76. The molecule has 1 aromatic carbocycles. The Labute approximate surface area is 152 Å². The van der Waals surface area contributed by atoms with E-state index >= 15 is 0 Å². The maximum Gasteiger partial charge on any atom is 0.177 e. The van der Waals surface area contributed by atoms with Crippen LogP contribution in [0.25, 0.3) is 5.65 Å². The van der Waals surface area contributed by atoms with Gasteiger partial charge in [-0.1, -0.05) is 6.07 Å². The molecule has 1 fully saturated rings. The van der Waals surface area contributed by atoms with Crippen LogP contribution in [0, 0.1) is 6.92 Å². The number of hydrogen-bond acceptors (Lipinski definition) is 6. The molecule has 0 spiro atoms. The van der Waals surface area contributed by atoms with Gasteiger partial charge in [0.25, 0.3) is 0 Å². The monoisotopic (exact) mass is 352 g/mol. The number of rotatable bonds is 4. The smallest absolute Gasteiger partial charge is 0.177 e. The molecular formula is C19H24N6O. The molecule has 2 aromatic heterocycles. The van der Waals surface area contributed by atoms with Crippen molar-refractivity contribution in [3.63, 3.8) is 0 Å². The highest BCUT2D eigenvalue weighted by Crippen LogP contribution is 2.31. The molecule has 0 bridgehead atoms. The van der Waals surface area contributed by atoms with E-state index in [-0.39, 0.29) is 5.75 Å². The van der Waals surface area contributed by atoms with E-state index in [9.17, 15) is 5.11 Å². The third-order valence-electron chi connectivity index (χ3n) is 5.01. The molecule has 7 heteroatoms. The van der Waals surface area contributed by atoms with Crippen molar-refractivity contribution in [2.75, 3.05) is 10.6 Å². The fourth-order valence-electron chi connectivity index (χ4n) is 3.50. The molecule has 0 aliphatic heterocycles. The van der Waals surface area contributed by atoms with E-state index in [4.69, 9.17) is 10.8 Å². The minimum Gasteiger partial charge on any atom is -0.508 e. The summed E-state index contributed by atoms with van der Waals surface area (Å²) in [6.45, 7) is 2.03. The van der Waals surface area contributed by atoms with Crippen molar-refractivity contribution >= 4 is 22.8 Å². The molecule has 0 unspecified atom stereocenters. The van der Waals surface area contributed by atoms with Gasteiger partial charge in [0.15, 0.2) is 11.5 Å². The first kappa shape index (κ1) is 16.7. The van der Waals surface area contributed by atoms with Crippen LogP contribution < -0.4 is 16.4 Å². The minimum absolute atomic E-state index is 0.220. The van der Waals surface area contributed by atoms with Gasteiger partial charge in [-0.05, 0) is 44.7 Å². The Hall–Kier alpha value is -2.80. The molecule has 0 amide bonds. The van der Waals surface area contributed by atoms with Gasteiger partial charge in [0.2, 0.25) is 0 Å². The van der Waals surface area contributed by atoms with E-state index in [0.29, 0.717) is 12.1 Å². The highest BCUT2D eigenvalue weighted by Gasteiger charge is 2.21. The Morgan fingerprint density at radius 1 is 1.23 bits per heavy atom. The SMILES string of the molecule is Cc1c(NC2CCC(N)CC2)nn2ccnc2c1Nc1cccc(O)c1. The number of benzene rings is 1. The lowest BCUT2D eigenvalue weighted by Crippen LogP contribution is -2.33. The molecule has 1 aliphatic rings. The summed E-state index contributed by atoms with van der Waals surface area (Å²) in [5.74, 6) is 1.07. The van der Waals surface area contributed by atoms with Gasteiger partial charge in [0.1, 0.15) is 5.75 Å². The lowest BCUT2D eigenvalue weighted by molar-refractivity contribution is 0.410. The maximum absolute atomic E-state index is 9.73. The zero-order chi connectivity index (χ0) is 18.1. The van der Waals surface area contributed by atoms with Crippen molar-refractivity contribution in [3.05, 3.63) is 42.2 Å². The first-order chi connectivity index (χ1) is 12.6. The summed E-state index contributed by atoms with van der Waals surface area (Å²) in [7, 11) is 0. The molecule has 5 N–H and O–H groups in total. The highest BCUT2D eigenvalue weighted by molar-refractivity contribution is 5.80. The zero-order valence-electron chi connectivity index (χ0n) is 14.8. The van der Waals surface area contributed by atoms with Crippen molar-refractivity contribution in [3.8, 4) is 5.75 Å². The van der Waals surface area contributed by atoms with E-state index in [0.717, 1.165) is 54.1 Å². The molecule has 0 atom stereocenters. The van der Waals surface area contributed by atoms with E-state index in [2.05, 4.69) is 15.6 Å². The van der Waals surface area contributed by atoms with Crippen molar-refractivity contribution in [2.24, 2.45) is 5.73 Å². The molecule has 136 valence electrons. The number of nitrogens with one attached hydrogen (secondary N) is 2. The van der Waals surface area contributed by atoms with Crippen LogP contribution in [-0.2, 0) is 0 Å². The Balaban J connectivity index is 1.67. The van der Waals surface area contributed by atoms with Crippen LogP contribution in [-0.4, -0.2) is 31.8 Å². The summed E-state index contributed by atoms with van der Waals surface area (Å²) in [5, 5.41) is 21.4. The predicted molar refractivity (Wildman–Crippen MR) is 103 cm³/mol. The molecule has 0 radical (unpaired) electrons. The van der Waals surface area contributed by atoms with Crippen molar-refractivity contribution < 1.29 is 5.11 Å². The maximum atomic E-state index is 9.73. The van der Waals surface area contributed by atoms with E-state index < -0.39 is 0 Å². The van der Waals surface area contributed by atoms with E-state index in [1.54, 1.807) is 28.9 Å². The van der Waals surface area contributed by atoms with Crippen LogP contribution in [0.3, 0.4) is 0 Å². The summed E-state index contributed by atoms with van der Waals surface area (Å²) in [4.78, 5) is 4.43. The predicted octanol–water partition coefficient (Wildman–Crippen LogP) is 3.17. The lowest BCUT2D eigenvalue weighted by atomic mass is 9.92. The van der Waals surface area contributed by atoms with Gasteiger partial charge < -0.3 is 21.5 Å². The van der Waals surface area contributed by atoms with Gasteiger partial charge in [-0.2, -0.15) is 0 Å². The number of nitrogens with two attached hydrogens (primary N) is 1. The molecule has 0 saturated heterocycles. The summed E-state index contributed by atoms with van der Waals surface area (Å²) >= 11 is 0. The molecule has 2 heterocycles. The van der Waals surface area contributed by atoms with Gasteiger partial charge in [-0.15, -0.1) is 5.10 Å². The van der Waals surface area contributed by atoms with Crippen LogP contribution in [0.5, 0.6) is 5.75 Å². The van der Waals surface area contributed by atoms with Crippen LogP contribution in [0.2, 0.25) is 0 Å². The number of phenolic OH excluding ortho intramolecular Hbond substituents is 1. The molecule has 1 saturated carbocycles. The Bertz CT molecular complexity index is 914. The average molecular weight is 352 g/mol. The fraction of sp³-hybridized carbons (Fsp3) is 0.368. The van der Waals surface area contributed by atoms with Crippen molar-refractivity contribution in [1.29, 1.82) is 0 Å². The van der Waals surface area contributed by atoms with Crippen LogP contribution >= 0.6 is 0 Å². The molecule has 4 rings (SSSR count). The number of aromatic nitrogens is 3. The van der Waals surface area contributed by atoms with Gasteiger partial charge in [0.05, 0.1) is 5.69 Å². The number of fused-ring (bicyclic) bond motifs is 1. The first-order valence-electron chi connectivity index (χ1n) is 9.02. The van der Waals surface area contributed by atoms with Crippen molar-refractivity contribution in [1.82, 2.24) is 14.6 Å². The molecule has 7 nitrogen and oxygen atoms in total. The number of hydrogen-bond donors (Lipinski definition) is 4. The van der Waals surface area contributed by atoms with Crippen LogP contribution in [0.15, 0.2) is 36.7 Å². The third kappa shape index (κ3) is 3.30. The largest absolute Gasteiger partial charge is 0.508 e. The summed E-state index contributed by atoms with van der Waals surface area (Å²) < 4.78 is 1.77. The Kier molecular flexibility index (Phi) is 4.38. The third-order valence-corrected chi connectivity index (χ3v) is 5.01. The molecular weight excluding hydrogens is 328 g/mol. The van der Waals surface area contributed by atoms with Crippen LogP contribution in [0.1, 0.15) is 31.2 Å². The molecule has 1 aliphatic carbocycles. The first-order valence-corrected chi connectivity index (χ1v) is 9.02. The van der Waals surface area contributed by atoms with Crippen LogP contribution in [0.4, 0.5) is 17.2 Å². The number of anilines is 3. The lowest BCUT2D eigenvalue weighted by Gasteiger charge is -2.28. The summed E-state index contributed by atoms with van der Waals surface area (Å²) in [5.41, 5.74) is 9.46. The number of nitrogens with zero attached hydrogens (tertiary/aromatic N) is 3. The van der Waals surface area contributed by atoms with Gasteiger partial charge in [-0.25, -0.2) is 9.50 Å². The second-order valence-electron chi connectivity index (χ2n) is 6.98. The van der Waals surface area contributed by atoms with Crippen molar-refractivity contribution in [2.45, 2.75) is 44.7 Å². The Morgan fingerprint density at radius 2 is 2.04 bits per heavy atom. The van der Waals surface area contributed by atoms with E-state index in [1.807, 2.05) is 19.2 Å². The quantitative estimate of drug-likeness (QED) is 0.575. The second kappa shape index (κ2) is 6.84. The molecule has 3 aromatic rings. The Morgan fingerprint density at radius 3 is 2.81 bits per heavy atom. The highest BCUT2D eigenvalue weighted by atomic mass is 16.3. The van der Waals surface area contributed by atoms with E-state index in [1.165, 1.54) is 0 Å². The minimum atomic E-state index is 0.220. The normalized spacial score (nSPS) is 20.2. The topological polar surface area (TPSA) is 100 Å². The van der Waals surface area contributed by atoms with Gasteiger partial charge >= 0.3 is 0 Å². The number of imidazole rings is 1. The van der Waals surface area contributed by atoms with Gasteiger partial charge in [-0.3, -0.25) is 0 Å². The molecule has 26 heavy (non-hydrogen) atoms. The average Bonchev–Trinajstić information content (AvgIpc) is 3.09. The number of phenols is 1. The standard InChI is InChI=1S/C19H24N6O/c1-12-17(22-15-3-2-4-16(26)11-15)19-21-9-10-25(19)24-18(12)23-14-7-5-13(20)6-8-14/h2-4,9-11,13-14,22,26H,5-8,20H2,1H3,(H,23,24). The zero-order valence-corrected chi connectivity index (χ0v) is 14.8. The second-order valence-corrected chi connectivity index (χ2v) is 6.98. The number of aromatic hydroxyl groups is 1. The fourth-order valence-corrected chi connectivity index (χ4v) is 3.50.